The Kier molecular flexibility index (Phi) is 5.08. The Morgan fingerprint density at radius 3 is 2.76 bits per heavy atom. The second-order valence-corrected chi connectivity index (χ2v) is 6.50. The molecule has 25 heavy (non-hydrogen) atoms. The van der Waals surface area contributed by atoms with Gasteiger partial charge in [0.15, 0.2) is 0 Å². The second-order valence-electron chi connectivity index (χ2n) is 5.64. The maximum absolute atomic E-state index is 11.7. The van der Waals surface area contributed by atoms with E-state index >= 15 is 0 Å². The summed E-state index contributed by atoms with van der Waals surface area (Å²) >= 11 is 1.54. The molecule has 2 heterocycles. The fourth-order valence-electron chi connectivity index (χ4n) is 2.54. The number of ether oxygens (including phenoxy) is 1. The lowest BCUT2D eigenvalue weighted by molar-refractivity contribution is 0.202. The molecule has 3 rings (SSSR count). The summed E-state index contributed by atoms with van der Waals surface area (Å²) in [7, 11) is 1.70. The molecule has 0 spiro atoms. The van der Waals surface area contributed by atoms with Gasteiger partial charge in [-0.05, 0) is 25.0 Å². The number of nitrogens with zero attached hydrogens (tertiary/aromatic N) is 2. The van der Waals surface area contributed by atoms with Gasteiger partial charge in [-0.1, -0.05) is 24.3 Å². The maximum atomic E-state index is 11.7. The van der Waals surface area contributed by atoms with E-state index in [0.29, 0.717) is 12.3 Å². The fourth-order valence-corrected chi connectivity index (χ4v) is 3.36. The largest absolute Gasteiger partial charge is 0.384 e. The van der Waals surface area contributed by atoms with Gasteiger partial charge < -0.3 is 9.72 Å². The van der Waals surface area contributed by atoms with Gasteiger partial charge in [-0.3, -0.25) is 4.79 Å². The molecule has 0 atom stereocenters. The first-order valence-electron chi connectivity index (χ1n) is 7.80. The molecule has 0 amide bonds. The van der Waals surface area contributed by atoms with Gasteiger partial charge in [0.2, 0.25) is 0 Å². The fraction of sp³-hybridized carbons (Fsp3) is 0.211. The lowest BCUT2D eigenvalue weighted by Gasteiger charge is -2.03. The van der Waals surface area contributed by atoms with Crippen molar-refractivity contribution in [3.05, 3.63) is 62.9 Å². The lowest BCUT2D eigenvalue weighted by atomic mass is 10.1. The average molecular weight is 351 g/mol. The van der Waals surface area contributed by atoms with Crippen LogP contribution in [0.25, 0.3) is 21.8 Å². The minimum absolute atomic E-state index is 0.0950. The summed E-state index contributed by atoms with van der Waals surface area (Å²) in [6.45, 7) is 2.51. The van der Waals surface area contributed by atoms with Gasteiger partial charge in [-0.2, -0.15) is 5.26 Å². The summed E-state index contributed by atoms with van der Waals surface area (Å²) in [5.74, 6) is 0. The standard InChI is InChI=1S/C19H17N3O2S/c1-12-16(9-15(10-20)18(23)21-12)17-11-25-19(22-17)14-5-3-13(4-6-14)7-8-24-2/h3-6,9,11H,7-8H2,1-2H3,(H,21,23). The molecule has 0 saturated carbocycles. The highest BCUT2D eigenvalue weighted by molar-refractivity contribution is 7.13. The minimum Gasteiger partial charge on any atom is -0.384 e. The molecule has 0 saturated heterocycles. The highest BCUT2D eigenvalue weighted by Crippen LogP contribution is 2.30. The van der Waals surface area contributed by atoms with Crippen LogP contribution in [0, 0.1) is 18.3 Å². The van der Waals surface area contributed by atoms with Crippen LogP contribution in [0.2, 0.25) is 0 Å². The number of nitrogens with one attached hydrogen (secondary N) is 1. The summed E-state index contributed by atoms with van der Waals surface area (Å²) in [5, 5.41) is 11.9. The van der Waals surface area contributed by atoms with Crippen LogP contribution < -0.4 is 5.56 Å². The Hall–Kier alpha value is -2.75. The van der Waals surface area contributed by atoms with Crippen LogP contribution in [-0.2, 0) is 11.2 Å². The summed E-state index contributed by atoms with van der Waals surface area (Å²) in [4.78, 5) is 19.1. The number of H-pyrrole nitrogens is 1. The van der Waals surface area contributed by atoms with Gasteiger partial charge in [-0.25, -0.2) is 4.98 Å². The maximum Gasteiger partial charge on any atom is 0.266 e. The molecule has 0 aliphatic heterocycles. The molecule has 0 aliphatic rings. The quantitative estimate of drug-likeness (QED) is 0.762. The summed E-state index contributed by atoms with van der Waals surface area (Å²) in [5.41, 5.74) is 4.22. The summed E-state index contributed by atoms with van der Waals surface area (Å²) in [6, 6.07) is 11.8. The number of rotatable bonds is 5. The first kappa shape index (κ1) is 17.1. The number of aromatic amines is 1. The van der Waals surface area contributed by atoms with E-state index in [2.05, 4.69) is 22.1 Å². The molecule has 126 valence electrons. The molecule has 0 radical (unpaired) electrons. The molecule has 1 N–H and O–H groups in total. The SMILES string of the molecule is COCCc1ccc(-c2nc(-c3cc(C#N)c(=O)[nH]c3C)cs2)cc1. The molecule has 0 aliphatic carbocycles. The van der Waals surface area contributed by atoms with Gasteiger partial charge in [0.1, 0.15) is 16.6 Å². The highest BCUT2D eigenvalue weighted by Gasteiger charge is 2.12. The zero-order valence-corrected chi connectivity index (χ0v) is 14.8. The Morgan fingerprint density at radius 2 is 2.08 bits per heavy atom. The monoisotopic (exact) mass is 351 g/mol. The second kappa shape index (κ2) is 7.43. The van der Waals surface area contributed by atoms with Gasteiger partial charge in [0.25, 0.3) is 5.56 Å². The number of hydrogen-bond donors (Lipinski definition) is 1. The van der Waals surface area contributed by atoms with Crippen molar-refractivity contribution in [2.24, 2.45) is 0 Å². The number of nitriles is 1. The van der Waals surface area contributed by atoms with Crippen molar-refractivity contribution in [2.75, 3.05) is 13.7 Å². The Morgan fingerprint density at radius 1 is 1.32 bits per heavy atom. The number of methoxy groups -OCH3 is 1. The van der Waals surface area contributed by atoms with Crippen molar-refractivity contribution < 1.29 is 4.74 Å². The van der Waals surface area contributed by atoms with E-state index in [1.165, 1.54) is 16.9 Å². The van der Waals surface area contributed by atoms with Crippen LogP contribution in [0.4, 0.5) is 0 Å². The van der Waals surface area contributed by atoms with Crippen molar-refractivity contribution in [1.82, 2.24) is 9.97 Å². The molecule has 3 aromatic rings. The van der Waals surface area contributed by atoms with Crippen molar-refractivity contribution in [3.8, 4) is 27.9 Å². The van der Waals surface area contributed by atoms with Gasteiger partial charge in [0, 0.05) is 29.3 Å². The zero-order valence-electron chi connectivity index (χ0n) is 14.0. The minimum atomic E-state index is -0.370. The van der Waals surface area contributed by atoms with E-state index in [-0.39, 0.29) is 11.1 Å². The molecule has 0 fully saturated rings. The molecular formula is C19H17N3O2S. The number of aromatic nitrogens is 2. The van der Waals surface area contributed by atoms with Gasteiger partial charge in [-0.15, -0.1) is 11.3 Å². The Balaban J connectivity index is 1.91. The zero-order chi connectivity index (χ0) is 17.8. The normalized spacial score (nSPS) is 10.6. The van der Waals surface area contributed by atoms with Crippen LogP contribution in [0.1, 0.15) is 16.8 Å². The summed E-state index contributed by atoms with van der Waals surface area (Å²) < 4.78 is 5.09. The molecule has 5 nitrogen and oxygen atoms in total. The van der Waals surface area contributed by atoms with E-state index in [0.717, 1.165) is 28.2 Å². The third kappa shape index (κ3) is 3.68. The van der Waals surface area contributed by atoms with Crippen LogP contribution in [0.15, 0.2) is 40.5 Å². The number of aryl methyl sites for hydroxylation is 1. The predicted molar refractivity (Wildman–Crippen MR) is 98.6 cm³/mol. The lowest BCUT2D eigenvalue weighted by Crippen LogP contribution is -2.11. The molecule has 0 bridgehead atoms. The van der Waals surface area contributed by atoms with Crippen molar-refractivity contribution >= 4 is 11.3 Å². The predicted octanol–water partition coefficient (Wildman–Crippen LogP) is 3.53. The van der Waals surface area contributed by atoms with E-state index in [4.69, 9.17) is 10.00 Å². The van der Waals surface area contributed by atoms with Crippen LogP contribution in [0.3, 0.4) is 0 Å². The smallest absolute Gasteiger partial charge is 0.266 e. The third-order valence-electron chi connectivity index (χ3n) is 3.93. The number of hydrogen-bond acceptors (Lipinski definition) is 5. The van der Waals surface area contributed by atoms with E-state index < -0.39 is 0 Å². The van der Waals surface area contributed by atoms with Gasteiger partial charge in [0.05, 0.1) is 12.3 Å². The highest BCUT2D eigenvalue weighted by atomic mass is 32.1. The molecule has 0 unspecified atom stereocenters. The van der Waals surface area contributed by atoms with E-state index in [1.807, 2.05) is 30.5 Å². The Labute approximate surface area is 149 Å². The van der Waals surface area contributed by atoms with Gasteiger partial charge >= 0.3 is 0 Å². The van der Waals surface area contributed by atoms with Crippen LogP contribution >= 0.6 is 11.3 Å². The van der Waals surface area contributed by atoms with Crippen molar-refractivity contribution in [2.45, 2.75) is 13.3 Å². The van der Waals surface area contributed by atoms with E-state index in [1.54, 1.807) is 13.2 Å². The van der Waals surface area contributed by atoms with E-state index in [9.17, 15) is 4.79 Å². The summed E-state index contributed by atoms with van der Waals surface area (Å²) in [6.07, 6.45) is 0.882. The average Bonchev–Trinajstić information content (AvgIpc) is 3.10. The number of thiazole rings is 1. The van der Waals surface area contributed by atoms with Crippen molar-refractivity contribution in [1.29, 1.82) is 5.26 Å². The molecular weight excluding hydrogens is 334 g/mol. The van der Waals surface area contributed by atoms with Crippen molar-refractivity contribution in [3.63, 3.8) is 0 Å². The topological polar surface area (TPSA) is 78.8 Å². The Bertz CT molecular complexity index is 981. The molecule has 2 aromatic heterocycles. The number of pyridine rings is 1. The number of benzene rings is 1. The first-order valence-corrected chi connectivity index (χ1v) is 8.68. The van der Waals surface area contributed by atoms with Crippen LogP contribution in [0.5, 0.6) is 0 Å². The molecule has 6 heteroatoms. The molecule has 1 aromatic carbocycles. The third-order valence-corrected chi connectivity index (χ3v) is 4.83. The first-order chi connectivity index (χ1) is 12.1. The van der Waals surface area contributed by atoms with Crippen LogP contribution in [-0.4, -0.2) is 23.7 Å².